The molecule has 1 unspecified atom stereocenters. The van der Waals surface area contributed by atoms with E-state index in [1.807, 2.05) is 6.92 Å². The largest absolute Gasteiger partial charge is 0.354 e. The number of rotatable bonds is 7. The van der Waals surface area contributed by atoms with Gasteiger partial charge in [0.15, 0.2) is 0 Å². The minimum Gasteiger partial charge on any atom is -0.354 e. The summed E-state index contributed by atoms with van der Waals surface area (Å²) in [5.41, 5.74) is 0.839. The van der Waals surface area contributed by atoms with Gasteiger partial charge in [0.25, 0.3) is 0 Å². The number of carbonyl (C=O) groups excluding carboxylic acids is 2. The minimum atomic E-state index is -0.534. The zero-order valence-electron chi connectivity index (χ0n) is 13.2. The molecule has 6 heteroatoms. The Balaban J connectivity index is 2.90. The van der Waals surface area contributed by atoms with Crippen LogP contribution in [0, 0.1) is 0 Å². The van der Waals surface area contributed by atoms with E-state index in [9.17, 15) is 9.59 Å². The number of amides is 2. The van der Waals surface area contributed by atoms with Gasteiger partial charge in [0.1, 0.15) is 6.04 Å². The third-order valence-corrected chi connectivity index (χ3v) is 4.09. The molecule has 0 aliphatic heterocycles. The lowest BCUT2D eigenvalue weighted by molar-refractivity contribution is -0.140. The van der Waals surface area contributed by atoms with E-state index < -0.39 is 6.04 Å². The van der Waals surface area contributed by atoms with Gasteiger partial charge in [0, 0.05) is 19.5 Å². The molecule has 4 nitrogen and oxygen atoms in total. The summed E-state index contributed by atoms with van der Waals surface area (Å²) in [6.45, 7) is 6.42. The quantitative estimate of drug-likeness (QED) is 0.820. The maximum atomic E-state index is 12.2. The number of benzene rings is 1. The van der Waals surface area contributed by atoms with E-state index in [2.05, 4.69) is 5.32 Å². The van der Waals surface area contributed by atoms with Gasteiger partial charge in [-0.15, -0.1) is 0 Å². The normalized spacial score (nSPS) is 11.9. The molecule has 0 saturated carbocycles. The van der Waals surface area contributed by atoms with Gasteiger partial charge in [-0.3, -0.25) is 9.59 Å². The highest BCUT2D eigenvalue weighted by molar-refractivity contribution is 6.42. The number of nitrogens with one attached hydrogen (secondary N) is 1. The van der Waals surface area contributed by atoms with Crippen LogP contribution in [0.25, 0.3) is 0 Å². The number of nitrogens with zero attached hydrogens (tertiary/aromatic N) is 1. The summed E-state index contributed by atoms with van der Waals surface area (Å²) in [4.78, 5) is 25.9. The van der Waals surface area contributed by atoms with E-state index in [0.717, 1.165) is 12.0 Å². The summed E-state index contributed by atoms with van der Waals surface area (Å²) in [7, 11) is 0. The summed E-state index contributed by atoms with van der Waals surface area (Å²) < 4.78 is 0. The lowest BCUT2D eigenvalue weighted by Gasteiger charge is -2.28. The highest BCUT2D eigenvalue weighted by Gasteiger charge is 2.24. The summed E-state index contributed by atoms with van der Waals surface area (Å²) in [6.07, 6.45) is 1.19. The van der Waals surface area contributed by atoms with E-state index in [1.165, 1.54) is 0 Å². The van der Waals surface area contributed by atoms with Gasteiger partial charge in [0.2, 0.25) is 11.8 Å². The Labute approximate surface area is 141 Å². The molecular formula is C16H22Cl2N2O2. The van der Waals surface area contributed by atoms with E-state index in [0.29, 0.717) is 29.6 Å². The maximum absolute atomic E-state index is 12.2. The van der Waals surface area contributed by atoms with Gasteiger partial charge < -0.3 is 10.2 Å². The lowest BCUT2D eigenvalue weighted by Crippen LogP contribution is -2.47. The average Bonchev–Trinajstić information content (AvgIpc) is 2.52. The summed E-state index contributed by atoms with van der Waals surface area (Å²) in [6, 6.07) is 4.68. The molecule has 1 aromatic rings. The lowest BCUT2D eigenvalue weighted by atomic mass is 10.1. The summed E-state index contributed by atoms with van der Waals surface area (Å²) >= 11 is 11.9. The monoisotopic (exact) mass is 344 g/mol. The fraction of sp³-hybridized carbons (Fsp3) is 0.500. The first-order chi connectivity index (χ1) is 10.4. The van der Waals surface area contributed by atoms with Crippen molar-refractivity contribution >= 4 is 35.0 Å². The minimum absolute atomic E-state index is 0.0785. The van der Waals surface area contributed by atoms with Gasteiger partial charge in [-0.2, -0.15) is 0 Å². The van der Waals surface area contributed by atoms with Crippen LogP contribution in [-0.4, -0.2) is 29.3 Å². The van der Waals surface area contributed by atoms with Crippen LogP contribution in [0.4, 0.5) is 0 Å². The van der Waals surface area contributed by atoms with Gasteiger partial charge in [-0.05, 0) is 31.0 Å². The Morgan fingerprint density at radius 3 is 2.45 bits per heavy atom. The molecule has 0 fully saturated rings. The van der Waals surface area contributed by atoms with Crippen molar-refractivity contribution in [3.8, 4) is 0 Å². The number of carbonyl (C=O) groups is 2. The molecule has 1 atom stereocenters. The molecule has 0 aromatic heterocycles. The predicted molar refractivity (Wildman–Crippen MR) is 90.1 cm³/mol. The summed E-state index contributed by atoms with van der Waals surface area (Å²) in [5.74, 6) is -0.228. The highest BCUT2D eigenvalue weighted by Crippen LogP contribution is 2.23. The SMILES string of the molecule is CCCNC(=O)C(C)N(Cc1ccc(Cl)c(Cl)c1)C(=O)CC. The Morgan fingerprint density at radius 2 is 1.91 bits per heavy atom. The molecule has 2 amide bonds. The molecule has 0 bridgehead atoms. The predicted octanol–water partition coefficient (Wildman–Crippen LogP) is 3.65. The molecule has 0 spiro atoms. The zero-order chi connectivity index (χ0) is 16.7. The van der Waals surface area contributed by atoms with Crippen LogP contribution < -0.4 is 5.32 Å². The first kappa shape index (κ1) is 18.8. The van der Waals surface area contributed by atoms with Crippen LogP contribution in [0.2, 0.25) is 10.0 Å². The summed E-state index contributed by atoms with van der Waals surface area (Å²) in [5, 5.41) is 3.72. The van der Waals surface area contributed by atoms with Crippen molar-refractivity contribution in [2.45, 2.75) is 46.2 Å². The maximum Gasteiger partial charge on any atom is 0.242 e. The van der Waals surface area contributed by atoms with Crippen LogP contribution in [0.15, 0.2) is 18.2 Å². The molecular weight excluding hydrogens is 323 g/mol. The second-order valence-corrected chi connectivity index (χ2v) is 5.91. The zero-order valence-corrected chi connectivity index (χ0v) is 14.7. The van der Waals surface area contributed by atoms with Crippen molar-refractivity contribution < 1.29 is 9.59 Å². The fourth-order valence-electron chi connectivity index (χ4n) is 2.02. The van der Waals surface area contributed by atoms with E-state index in [-0.39, 0.29) is 11.8 Å². The first-order valence-corrected chi connectivity index (χ1v) is 8.17. The van der Waals surface area contributed by atoms with Crippen molar-refractivity contribution in [2.75, 3.05) is 6.54 Å². The van der Waals surface area contributed by atoms with Crippen molar-refractivity contribution in [1.29, 1.82) is 0 Å². The van der Waals surface area contributed by atoms with Crippen molar-refractivity contribution in [3.63, 3.8) is 0 Å². The van der Waals surface area contributed by atoms with Crippen molar-refractivity contribution in [1.82, 2.24) is 10.2 Å². The van der Waals surface area contributed by atoms with Gasteiger partial charge in [-0.1, -0.05) is 43.1 Å². The van der Waals surface area contributed by atoms with E-state index in [1.54, 1.807) is 36.9 Å². The van der Waals surface area contributed by atoms with Gasteiger partial charge in [0.05, 0.1) is 10.0 Å². The van der Waals surface area contributed by atoms with Crippen LogP contribution in [0.1, 0.15) is 39.2 Å². The fourth-order valence-corrected chi connectivity index (χ4v) is 2.34. The van der Waals surface area contributed by atoms with Gasteiger partial charge in [-0.25, -0.2) is 0 Å². The third kappa shape index (κ3) is 5.18. The number of hydrogen-bond acceptors (Lipinski definition) is 2. The first-order valence-electron chi connectivity index (χ1n) is 7.41. The third-order valence-electron chi connectivity index (χ3n) is 3.36. The number of hydrogen-bond donors (Lipinski definition) is 1. The Kier molecular flexibility index (Phi) is 7.69. The topological polar surface area (TPSA) is 49.4 Å². The Bertz CT molecular complexity index is 535. The van der Waals surface area contributed by atoms with Crippen molar-refractivity contribution in [3.05, 3.63) is 33.8 Å². The van der Waals surface area contributed by atoms with Crippen LogP contribution in [-0.2, 0) is 16.1 Å². The Morgan fingerprint density at radius 1 is 1.23 bits per heavy atom. The smallest absolute Gasteiger partial charge is 0.242 e. The van der Waals surface area contributed by atoms with Crippen LogP contribution in [0.3, 0.4) is 0 Å². The van der Waals surface area contributed by atoms with Crippen molar-refractivity contribution in [2.24, 2.45) is 0 Å². The molecule has 0 radical (unpaired) electrons. The standard InChI is InChI=1S/C16H22Cl2N2O2/c1-4-8-19-16(22)11(3)20(15(21)5-2)10-12-6-7-13(17)14(18)9-12/h6-7,9,11H,4-5,8,10H2,1-3H3,(H,19,22). The number of halogens is 2. The van der Waals surface area contributed by atoms with E-state index in [4.69, 9.17) is 23.2 Å². The van der Waals surface area contributed by atoms with Crippen LogP contribution in [0.5, 0.6) is 0 Å². The van der Waals surface area contributed by atoms with Crippen LogP contribution >= 0.6 is 23.2 Å². The molecule has 0 aliphatic carbocycles. The molecule has 22 heavy (non-hydrogen) atoms. The van der Waals surface area contributed by atoms with E-state index >= 15 is 0 Å². The second-order valence-electron chi connectivity index (χ2n) is 5.09. The molecule has 1 N–H and O–H groups in total. The second kappa shape index (κ2) is 9.01. The molecule has 0 saturated heterocycles. The molecule has 122 valence electrons. The average molecular weight is 345 g/mol. The Hall–Kier alpha value is -1.26. The molecule has 1 rings (SSSR count). The molecule has 0 heterocycles. The van der Waals surface area contributed by atoms with Gasteiger partial charge >= 0.3 is 0 Å². The molecule has 0 aliphatic rings. The highest BCUT2D eigenvalue weighted by atomic mass is 35.5. The molecule has 1 aromatic carbocycles.